The third-order valence-electron chi connectivity index (χ3n) is 2.79. The highest BCUT2D eigenvalue weighted by molar-refractivity contribution is 5.27. The van der Waals surface area contributed by atoms with E-state index in [1.807, 2.05) is 19.1 Å². The largest absolute Gasteiger partial charge is 0.494 e. The summed E-state index contributed by atoms with van der Waals surface area (Å²) in [5.41, 5.74) is 1.26. The number of ether oxygens (including phenoxy) is 1. The maximum atomic E-state index is 9.21. The van der Waals surface area contributed by atoms with Gasteiger partial charge in [-0.2, -0.15) is 0 Å². The second kappa shape index (κ2) is 8.13. The van der Waals surface area contributed by atoms with E-state index in [1.165, 1.54) is 18.4 Å². The summed E-state index contributed by atoms with van der Waals surface area (Å²) in [4.78, 5) is 0. The van der Waals surface area contributed by atoms with Crippen molar-refractivity contribution in [3.63, 3.8) is 0 Å². The number of hydrogen-bond donors (Lipinski definition) is 1. The van der Waals surface area contributed by atoms with Gasteiger partial charge >= 0.3 is 0 Å². The summed E-state index contributed by atoms with van der Waals surface area (Å²) < 4.78 is 5.64. The van der Waals surface area contributed by atoms with E-state index in [1.54, 1.807) is 0 Å². The molecule has 0 radical (unpaired) electrons. The van der Waals surface area contributed by atoms with Gasteiger partial charge < -0.3 is 9.84 Å². The van der Waals surface area contributed by atoms with Gasteiger partial charge in [0.15, 0.2) is 0 Å². The van der Waals surface area contributed by atoms with Gasteiger partial charge in [-0.15, -0.1) is 0 Å². The Kier molecular flexibility index (Phi) is 6.71. The summed E-state index contributed by atoms with van der Waals surface area (Å²) in [6.07, 6.45) is 5.10. The number of benzene rings is 1. The highest BCUT2D eigenvalue weighted by atomic mass is 16.5. The van der Waals surface area contributed by atoms with E-state index in [4.69, 9.17) is 4.74 Å². The number of aliphatic hydroxyl groups is 1. The molecule has 17 heavy (non-hydrogen) atoms. The predicted molar refractivity (Wildman–Crippen MR) is 71.5 cm³/mol. The van der Waals surface area contributed by atoms with Crippen molar-refractivity contribution in [2.75, 3.05) is 6.61 Å². The van der Waals surface area contributed by atoms with Crippen LogP contribution in [0.5, 0.6) is 5.75 Å². The number of unbranched alkanes of at least 4 members (excludes halogenated alkanes) is 2. The second-order valence-electron chi connectivity index (χ2n) is 4.59. The summed E-state index contributed by atoms with van der Waals surface area (Å²) >= 11 is 0. The zero-order valence-electron chi connectivity index (χ0n) is 11.0. The van der Waals surface area contributed by atoms with Crippen LogP contribution in [0.15, 0.2) is 24.3 Å². The van der Waals surface area contributed by atoms with Crippen LogP contribution < -0.4 is 4.74 Å². The molecule has 0 amide bonds. The molecule has 0 bridgehead atoms. The zero-order chi connectivity index (χ0) is 12.5. The summed E-state index contributed by atoms with van der Waals surface area (Å²) in [6.45, 7) is 4.82. The lowest BCUT2D eigenvalue weighted by molar-refractivity contribution is 0.185. The third kappa shape index (κ3) is 6.32. The molecule has 1 aromatic rings. The molecule has 0 aliphatic carbocycles. The molecule has 0 spiro atoms. The van der Waals surface area contributed by atoms with E-state index in [9.17, 15) is 5.11 Å². The van der Waals surface area contributed by atoms with Gasteiger partial charge in [0.05, 0.1) is 12.7 Å². The molecule has 0 aliphatic heterocycles. The van der Waals surface area contributed by atoms with Gasteiger partial charge in [-0.25, -0.2) is 0 Å². The van der Waals surface area contributed by atoms with Crippen LogP contribution in [0.3, 0.4) is 0 Å². The van der Waals surface area contributed by atoms with Crippen LogP contribution in [-0.4, -0.2) is 17.8 Å². The van der Waals surface area contributed by atoms with E-state index in [2.05, 4.69) is 19.1 Å². The molecular formula is C15H24O2. The maximum absolute atomic E-state index is 9.21. The highest BCUT2D eigenvalue weighted by Gasteiger charge is 1.99. The molecule has 0 aromatic heterocycles. The van der Waals surface area contributed by atoms with Crippen molar-refractivity contribution in [1.29, 1.82) is 0 Å². The van der Waals surface area contributed by atoms with Crippen molar-refractivity contribution in [2.45, 2.75) is 52.1 Å². The van der Waals surface area contributed by atoms with Gasteiger partial charge in [-0.1, -0.05) is 31.9 Å². The predicted octanol–water partition coefficient (Wildman–Crippen LogP) is 3.57. The Hall–Kier alpha value is -1.02. The summed E-state index contributed by atoms with van der Waals surface area (Å²) in [5, 5.41) is 9.21. The van der Waals surface area contributed by atoms with Crippen LogP contribution >= 0.6 is 0 Å². The first-order valence-electron chi connectivity index (χ1n) is 6.62. The average Bonchev–Trinajstić information content (AvgIpc) is 2.33. The SMILES string of the molecule is CCCCCOc1ccc(CCC(C)O)cc1. The fourth-order valence-corrected chi connectivity index (χ4v) is 1.67. The van der Waals surface area contributed by atoms with Crippen molar-refractivity contribution in [1.82, 2.24) is 0 Å². The monoisotopic (exact) mass is 236 g/mol. The van der Waals surface area contributed by atoms with Crippen molar-refractivity contribution in [2.24, 2.45) is 0 Å². The number of aryl methyl sites for hydroxylation is 1. The van der Waals surface area contributed by atoms with Gasteiger partial charge in [0.1, 0.15) is 5.75 Å². The standard InChI is InChI=1S/C15H24O2/c1-3-4-5-12-17-15-10-8-14(9-11-15)7-6-13(2)16/h8-11,13,16H,3-7,12H2,1-2H3. The molecule has 2 heteroatoms. The molecule has 1 aromatic carbocycles. The first kappa shape index (κ1) is 14.0. The van der Waals surface area contributed by atoms with Crippen molar-refractivity contribution in [3.05, 3.63) is 29.8 Å². The zero-order valence-corrected chi connectivity index (χ0v) is 11.0. The minimum Gasteiger partial charge on any atom is -0.494 e. The van der Waals surface area contributed by atoms with Crippen molar-refractivity contribution in [3.8, 4) is 5.75 Å². The van der Waals surface area contributed by atoms with E-state index < -0.39 is 0 Å². The molecule has 1 rings (SSSR count). The summed E-state index contributed by atoms with van der Waals surface area (Å²) in [6, 6.07) is 8.20. The maximum Gasteiger partial charge on any atom is 0.119 e. The molecule has 96 valence electrons. The van der Waals surface area contributed by atoms with E-state index >= 15 is 0 Å². The lowest BCUT2D eigenvalue weighted by Gasteiger charge is -2.07. The number of rotatable bonds is 8. The average molecular weight is 236 g/mol. The molecule has 1 N–H and O–H groups in total. The van der Waals surface area contributed by atoms with Gasteiger partial charge in [0, 0.05) is 0 Å². The second-order valence-corrected chi connectivity index (χ2v) is 4.59. The van der Waals surface area contributed by atoms with E-state index in [0.29, 0.717) is 0 Å². The van der Waals surface area contributed by atoms with Crippen LogP contribution in [0, 0.1) is 0 Å². The van der Waals surface area contributed by atoms with Crippen LogP contribution in [0.4, 0.5) is 0 Å². The normalized spacial score (nSPS) is 12.4. The topological polar surface area (TPSA) is 29.5 Å². The molecule has 0 aliphatic rings. The van der Waals surface area contributed by atoms with Gasteiger partial charge in [-0.3, -0.25) is 0 Å². The quantitative estimate of drug-likeness (QED) is 0.699. The molecule has 1 atom stereocenters. The smallest absolute Gasteiger partial charge is 0.119 e. The minimum atomic E-state index is -0.222. The Bertz CT molecular complexity index is 290. The molecular weight excluding hydrogens is 212 g/mol. The van der Waals surface area contributed by atoms with Crippen LogP contribution in [0.1, 0.15) is 45.1 Å². The molecule has 0 heterocycles. The summed E-state index contributed by atoms with van der Waals surface area (Å²) in [5.74, 6) is 0.946. The van der Waals surface area contributed by atoms with Gasteiger partial charge in [0.2, 0.25) is 0 Å². The molecule has 0 saturated heterocycles. The van der Waals surface area contributed by atoms with Gasteiger partial charge in [0.25, 0.3) is 0 Å². The first-order valence-corrected chi connectivity index (χ1v) is 6.62. The van der Waals surface area contributed by atoms with Crippen LogP contribution in [0.25, 0.3) is 0 Å². The van der Waals surface area contributed by atoms with Crippen LogP contribution in [-0.2, 0) is 6.42 Å². The lowest BCUT2D eigenvalue weighted by atomic mass is 10.1. The minimum absolute atomic E-state index is 0.222. The number of aliphatic hydroxyl groups excluding tert-OH is 1. The third-order valence-corrected chi connectivity index (χ3v) is 2.79. The Morgan fingerprint density at radius 2 is 1.88 bits per heavy atom. The fraction of sp³-hybridized carbons (Fsp3) is 0.600. The molecule has 0 fully saturated rings. The number of hydrogen-bond acceptors (Lipinski definition) is 2. The lowest BCUT2D eigenvalue weighted by Crippen LogP contribution is -2.01. The Labute approximate surface area is 105 Å². The Morgan fingerprint density at radius 3 is 2.47 bits per heavy atom. The summed E-state index contributed by atoms with van der Waals surface area (Å²) in [7, 11) is 0. The molecule has 2 nitrogen and oxygen atoms in total. The highest BCUT2D eigenvalue weighted by Crippen LogP contribution is 2.14. The van der Waals surface area contributed by atoms with Gasteiger partial charge in [-0.05, 0) is 43.9 Å². The van der Waals surface area contributed by atoms with Crippen LogP contribution in [0.2, 0.25) is 0 Å². The first-order chi connectivity index (χ1) is 8.22. The fourth-order valence-electron chi connectivity index (χ4n) is 1.67. The molecule has 0 saturated carbocycles. The Balaban J connectivity index is 2.29. The van der Waals surface area contributed by atoms with E-state index in [0.717, 1.165) is 31.6 Å². The molecule has 1 unspecified atom stereocenters. The van der Waals surface area contributed by atoms with Crippen molar-refractivity contribution < 1.29 is 9.84 Å². The van der Waals surface area contributed by atoms with Crippen molar-refractivity contribution >= 4 is 0 Å². The van der Waals surface area contributed by atoms with E-state index in [-0.39, 0.29) is 6.10 Å². The Morgan fingerprint density at radius 1 is 1.18 bits per heavy atom.